The monoisotopic (exact) mass is 421 g/mol. The molecular formula is C20H21F2N3O5. The van der Waals surface area contributed by atoms with Crippen LogP contribution >= 0.6 is 0 Å². The van der Waals surface area contributed by atoms with Gasteiger partial charge in [-0.1, -0.05) is 6.07 Å². The first kappa shape index (κ1) is 20.5. The first-order chi connectivity index (χ1) is 14.3. The number of carbonyl (C=O) groups is 1. The van der Waals surface area contributed by atoms with E-state index in [1.807, 2.05) is 6.92 Å². The second-order valence-electron chi connectivity index (χ2n) is 7.32. The molecule has 1 saturated heterocycles. The van der Waals surface area contributed by atoms with E-state index in [0.29, 0.717) is 19.2 Å². The van der Waals surface area contributed by atoms with Crippen LogP contribution in [-0.2, 0) is 17.8 Å². The molecule has 160 valence electrons. The minimum Gasteiger partial charge on any atom is -0.491 e. The van der Waals surface area contributed by atoms with Gasteiger partial charge in [-0.3, -0.25) is 9.59 Å². The maximum absolute atomic E-state index is 13.8. The number of aromatic nitrogens is 1. The highest BCUT2D eigenvalue weighted by Crippen LogP contribution is 2.36. The Morgan fingerprint density at radius 2 is 2.17 bits per heavy atom. The standard InChI is InChI=1S/C20H21F2N3O5/c1-10-9-30-15-8-24-7-13(17(26)18(29-2)16(24)20(28)25(10)15)19(27)23-6-11-3-4-12(21)5-14(11)22/h3-5,7,10,15,20,28H,6,8-9H2,1-2H3,(H,23,27). The van der Waals surface area contributed by atoms with Crippen molar-refractivity contribution in [2.45, 2.75) is 38.5 Å². The predicted molar refractivity (Wildman–Crippen MR) is 101 cm³/mol. The first-order valence-corrected chi connectivity index (χ1v) is 9.42. The highest BCUT2D eigenvalue weighted by Gasteiger charge is 2.43. The van der Waals surface area contributed by atoms with Crippen LogP contribution in [0.25, 0.3) is 0 Å². The molecule has 1 aromatic heterocycles. The number of aliphatic hydroxyl groups is 1. The molecule has 8 nitrogen and oxygen atoms in total. The Morgan fingerprint density at radius 3 is 2.87 bits per heavy atom. The summed E-state index contributed by atoms with van der Waals surface area (Å²) < 4.78 is 39.3. The lowest BCUT2D eigenvalue weighted by Crippen LogP contribution is -2.47. The van der Waals surface area contributed by atoms with Gasteiger partial charge in [-0.2, -0.15) is 0 Å². The second kappa shape index (κ2) is 7.78. The number of nitrogens with one attached hydrogen (secondary N) is 1. The maximum Gasteiger partial charge on any atom is 0.257 e. The third kappa shape index (κ3) is 3.36. The minimum atomic E-state index is -1.13. The van der Waals surface area contributed by atoms with Gasteiger partial charge < -0.3 is 24.5 Å². The fourth-order valence-electron chi connectivity index (χ4n) is 3.93. The normalized spacial score (nSPS) is 23.0. The van der Waals surface area contributed by atoms with Crippen LogP contribution in [0.5, 0.6) is 5.75 Å². The molecule has 1 fully saturated rings. The van der Waals surface area contributed by atoms with Gasteiger partial charge >= 0.3 is 0 Å². The van der Waals surface area contributed by atoms with Crippen LogP contribution in [0.3, 0.4) is 0 Å². The highest BCUT2D eigenvalue weighted by atomic mass is 19.1. The highest BCUT2D eigenvalue weighted by molar-refractivity contribution is 5.94. The number of nitrogens with zero attached hydrogens (tertiary/aromatic N) is 2. The molecule has 2 aliphatic heterocycles. The number of halogens is 2. The Hall–Kier alpha value is -2.82. The van der Waals surface area contributed by atoms with E-state index < -0.39 is 35.4 Å². The zero-order valence-electron chi connectivity index (χ0n) is 16.4. The summed E-state index contributed by atoms with van der Waals surface area (Å²) >= 11 is 0. The zero-order chi connectivity index (χ0) is 21.6. The smallest absolute Gasteiger partial charge is 0.257 e. The second-order valence-corrected chi connectivity index (χ2v) is 7.32. The van der Waals surface area contributed by atoms with Crippen molar-refractivity contribution in [1.82, 2.24) is 14.8 Å². The summed E-state index contributed by atoms with van der Waals surface area (Å²) in [6, 6.07) is 2.96. The Balaban J connectivity index is 1.65. The largest absolute Gasteiger partial charge is 0.491 e. The van der Waals surface area contributed by atoms with Crippen LogP contribution in [0.4, 0.5) is 8.78 Å². The van der Waals surface area contributed by atoms with Crippen molar-refractivity contribution in [2.24, 2.45) is 0 Å². The maximum atomic E-state index is 13.8. The molecule has 2 aliphatic rings. The van der Waals surface area contributed by atoms with Crippen molar-refractivity contribution in [1.29, 1.82) is 0 Å². The van der Waals surface area contributed by atoms with Gasteiger partial charge in [-0.05, 0) is 13.0 Å². The molecule has 4 rings (SSSR count). The molecule has 2 N–H and O–H groups in total. The van der Waals surface area contributed by atoms with E-state index in [1.54, 1.807) is 9.47 Å². The molecule has 10 heteroatoms. The summed E-state index contributed by atoms with van der Waals surface area (Å²) in [6.07, 6.45) is -0.197. The van der Waals surface area contributed by atoms with Gasteiger partial charge in [0, 0.05) is 30.4 Å². The summed E-state index contributed by atoms with van der Waals surface area (Å²) in [5, 5.41) is 13.3. The van der Waals surface area contributed by atoms with Crippen LogP contribution in [0.2, 0.25) is 0 Å². The lowest BCUT2D eigenvalue weighted by atomic mass is 10.1. The number of carbonyl (C=O) groups excluding carboxylic acids is 1. The van der Waals surface area contributed by atoms with E-state index in [-0.39, 0.29) is 35.2 Å². The molecule has 3 heterocycles. The van der Waals surface area contributed by atoms with E-state index in [2.05, 4.69) is 5.32 Å². The Morgan fingerprint density at radius 1 is 1.40 bits per heavy atom. The first-order valence-electron chi connectivity index (χ1n) is 9.42. The molecular weight excluding hydrogens is 400 g/mol. The summed E-state index contributed by atoms with van der Waals surface area (Å²) in [4.78, 5) is 27.3. The lowest BCUT2D eigenvalue weighted by Gasteiger charge is -2.38. The molecule has 1 amide bonds. The molecule has 2 aromatic rings. The quantitative estimate of drug-likeness (QED) is 0.769. The number of pyridine rings is 1. The summed E-state index contributed by atoms with van der Waals surface area (Å²) in [6.45, 7) is 2.40. The average Bonchev–Trinajstić information content (AvgIpc) is 3.08. The van der Waals surface area contributed by atoms with Crippen LogP contribution in [0, 0.1) is 11.6 Å². The summed E-state index contributed by atoms with van der Waals surface area (Å²) in [7, 11) is 1.29. The SMILES string of the molecule is COc1c2n(cc(C(=O)NCc3ccc(F)cc3F)c1=O)CC1OCC(C)N1C2O. The number of hydrogen-bond donors (Lipinski definition) is 2. The van der Waals surface area contributed by atoms with Gasteiger partial charge in [-0.25, -0.2) is 13.7 Å². The van der Waals surface area contributed by atoms with Gasteiger partial charge in [-0.15, -0.1) is 0 Å². The van der Waals surface area contributed by atoms with E-state index in [1.165, 1.54) is 19.4 Å². The number of aliphatic hydroxyl groups excluding tert-OH is 1. The molecule has 0 saturated carbocycles. The van der Waals surface area contributed by atoms with E-state index in [0.717, 1.165) is 6.07 Å². The van der Waals surface area contributed by atoms with Crippen LogP contribution < -0.4 is 15.5 Å². The van der Waals surface area contributed by atoms with E-state index in [4.69, 9.17) is 9.47 Å². The average molecular weight is 421 g/mol. The van der Waals surface area contributed by atoms with Gasteiger partial charge in [0.05, 0.1) is 20.3 Å². The van der Waals surface area contributed by atoms with Crippen molar-refractivity contribution in [3.63, 3.8) is 0 Å². The fraction of sp³-hybridized carbons (Fsp3) is 0.400. The number of methoxy groups -OCH3 is 1. The molecule has 0 spiro atoms. The molecule has 3 unspecified atom stereocenters. The predicted octanol–water partition coefficient (Wildman–Crippen LogP) is 1.12. The third-order valence-electron chi connectivity index (χ3n) is 5.43. The van der Waals surface area contributed by atoms with Crippen molar-refractivity contribution in [2.75, 3.05) is 13.7 Å². The van der Waals surface area contributed by atoms with Gasteiger partial charge in [0.15, 0.2) is 12.0 Å². The number of fused-ring (bicyclic) bond motifs is 2. The fourth-order valence-corrected chi connectivity index (χ4v) is 3.93. The van der Waals surface area contributed by atoms with Gasteiger partial charge in [0.25, 0.3) is 5.91 Å². The zero-order valence-corrected chi connectivity index (χ0v) is 16.4. The number of rotatable bonds is 4. The number of amides is 1. The molecule has 0 aliphatic carbocycles. The van der Waals surface area contributed by atoms with E-state index >= 15 is 0 Å². The Labute approximate surface area is 170 Å². The van der Waals surface area contributed by atoms with Crippen molar-refractivity contribution < 1.29 is 28.2 Å². The number of hydrogen-bond acceptors (Lipinski definition) is 6. The lowest BCUT2D eigenvalue weighted by molar-refractivity contribution is -0.105. The molecule has 3 atom stereocenters. The summed E-state index contributed by atoms with van der Waals surface area (Å²) in [5.74, 6) is -2.40. The van der Waals surface area contributed by atoms with Gasteiger partial charge in [0.2, 0.25) is 5.43 Å². The minimum absolute atomic E-state index is 0.0489. The van der Waals surface area contributed by atoms with Crippen LogP contribution in [0.1, 0.15) is 34.8 Å². The number of ether oxygens (including phenoxy) is 2. The molecule has 1 aromatic carbocycles. The Kier molecular flexibility index (Phi) is 5.31. The molecule has 0 bridgehead atoms. The summed E-state index contributed by atoms with van der Waals surface area (Å²) in [5.41, 5.74) is -0.581. The topological polar surface area (TPSA) is 93.0 Å². The van der Waals surface area contributed by atoms with Crippen molar-refractivity contribution in [3.05, 3.63) is 63.1 Å². The molecule has 30 heavy (non-hydrogen) atoms. The van der Waals surface area contributed by atoms with Crippen molar-refractivity contribution in [3.8, 4) is 5.75 Å². The van der Waals surface area contributed by atoms with Crippen molar-refractivity contribution >= 4 is 5.91 Å². The number of benzene rings is 1. The Bertz CT molecular complexity index is 1060. The molecule has 0 radical (unpaired) electrons. The van der Waals surface area contributed by atoms with Crippen LogP contribution in [-0.4, -0.2) is 46.5 Å². The van der Waals surface area contributed by atoms with E-state index in [9.17, 15) is 23.5 Å². The van der Waals surface area contributed by atoms with Gasteiger partial charge in [0.1, 0.15) is 29.1 Å². The van der Waals surface area contributed by atoms with Crippen LogP contribution in [0.15, 0.2) is 29.2 Å². The third-order valence-corrected chi connectivity index (χ3v) is 5.43.